The number of benzene rings is 2. The van der Waals surface area contributed by atoms with Crippen molar-refractivity contribution in [2.75, 3.05) is 7.11 Å². The van der Waals surface area contributed by atoms with Gasteiger partial charge in [0.25, 0.3) is 5.91 Å². The fraction of sp³-hybridized carbons (Fsp3) is 0.481. The molecule has 188 valence electrons. The van der Waals surface area contributed by atoms with E-state index in [1.807, 2.05) is 13.8 Å². The summed E-state index contributed by atoms with van der Waals surface area (Å²) in [6.45, 7) is 3.25. The molecule has 35 heavy (non-hydrogen) atoms. The van der Waals surface area contributed by atoms with E-state index in [9.17, 15) is 18.4 Å². The second kappa shape index (κ2) is 10.6. The number of rotatable bonds is 6. The molecule has 1 aliphatic carbocycles. The number of methoxy groups -OCH3 is 1. The maximum atomic E-state index is 14.7. The topological polar surface area (TPSA) is 67.9 Å². The monoisotopic (exact) mass is 486 g/mol. The van der Waals surface area contributed by atoms with Gasteiger partial charge in [0.2, 0.25) is 5.91 Å². The number of nitrogens with one attached hydrogen (secondary N) is 1. The summed E-state index contributed by atoms with van der Waals surface area (Å²) in [6.07, 6.45) is 3.93. The highest BCUT2D eigenvalue weighted by molar-refractivity contribution is 5.92. The highest BCUT2D eigenvalue weighted by Gasteiger charge is 2.43. The van der Waals surface area contributed by atoms with Crippen molar-refractivity contribution in [3.05, 3.63) is 59.2 Å². The summed E-state index contributed by atoms with van der Waals surface area (Å²) >= 11 is 0. The molecule has 1 N–H and O–H groups in total. The number of fused-ring (bicyclic) bond motifs is 1. The lowest BCUT2D eigenvalue weighted by molar-refractivity contribution is -0.147. The third-order valence-corrected chi connectivity index (χ3v) is 6.80. The van der Waals surface area contributed by atoms with Crippen molar-refractivity contribution in [1.82, 2.24) is 10.2 Å². The zero-order chi connectivity index (χ0) is 25.1. The van der Waals surface area contributed by atoms with Gasteiger partial charge in [-0.3, -0.25) is 9.59 Å². The highest BCUT2D eigenvalue weighted by Crippen LogP contribution is 2.39. The third kappa shape index (κ3) is 5.26. The lowest BCUT2D eigenvalue weighted by Crippen LogP contribution is -2.49. The van der Waals surface area contributed by atoms with E-state index in [0.29, 0.717) is 17.1 Å². The molecule has 2 amide bonds. The molecule has 0 bridgehead atoms. The minimum atomic E-state index is -1.12. The van der Waals surface area contributed by atoms with E-state index in [1.54, 1.807) is 18.2 Å². The second-order valence-electron chi connectivity index (χ2n) is 9.60. The SMILES string of the molecule is COc1ccc2c(c1)OC(C(C)C)C(=O)N(Cc1c(F)cccc1F)C2C(=O)NC1CCCCC1. The number of carbonyl (C=O) groups is 2. The van der Waals surface area contributed by atoms with Crippen LogP contribution in [0.4, 0.5) is 8.78 Å². The molecular formula is C27H32F2N2O4. The molecule has 1 fully saturated rings. The Morgan fingerprint density at radius 2 is 1.83 bits per heavy atom. The Hall–Kier alpha value is -3.16. The maximum absolute atomic E-state index is 14.7. The normalized spacial score (nSPS) is 20.7. The number of carbonyl (C=O) groups excluding carboxylic acids is 2. The highest BCUT2D eigenvalue weighted by atomic mass is 19.1. The van der Waals surface area contributed by atoms with Gasteiger partial charge < -0.3 is 19.7 Å². The third-order valence-electron chi connectivity index (χ3n) is 6.80. The molecule has 8 heteroatoms. The van der Waals surface area contributed by atoms with E-state index in [1.165, 1.54) is 18.1 Å². The molecule has 2 atom stereocenters. The standard InChI is InChI=1S/C27H32F2N2O4/c1-16(2)25-27(33)31(15-20-21(28)10-7-11-22(20)29)24(26(32)30-17-8-5-4-6-9-17)19-13-12-18(34-3)14-23(19)35-25/h7,10-14,16-17,24-25H,4-6,8-9,15H2,1-3H3,(H,30,32). The minimum absolute atomic E-state index is 0.00911. The van der Waals surface area contributed by atoms with E-state index in [4.69, 9.17) is 9.47 Å². The average molecular weight is 487 g/mol. The van der Waals surface area contributed by atoms with Gasteiger partial charge in [-0.25, -0.2) is 8.78 Å². The van der Waals surface area contributed by atoms with Crippen LogP contribution in [0.1, 0.15) is 63.1 Å². The predicted molar refractivity (Wildman–Crippen MR) is 127 cm³/mol. The minimum Gasteiger partial charge on any atom is -0.497 e. The molecule has 2 unspecified atom stereocenters. The molecule has 2 aromatic rings. The lowest BCUT2D eigenvalue weighted by atomic mass is 9.94. The van der Waals surface area contributed by atoms with Crippen LogP contribution in [0.2, 0.25) is 0 Å². The van der Waals surface area contributed by atoms with Gasteiger partial charge in [-0.05, 0) is 43.0 Å². The Balaban J connectivity index is 1.81. The Bertz CT molecular complexity index is 1060. The number of hydrogen-bond acceptors (Lipinski definition) is 4. The molecule has 6 nitrogen and oxygen atoms in total. The molecule has 0 spiro atoms. The van der Waals surface area contributed by atoms with Crippen molar-refractivity contribution < 1.29 is 27.8 Å². The Kier molecular flexibility index (Phi) is 7.57. The number of amides is 2. The summed E-state index contributed by atoms with van der Waals surface area (Å²) in [6, 6.07) is 7.45. The first-order chi connectivity index (χ1) is 16.8. The molecule has 1 heterocycles. The van der Waals surface area contributed by atoms with Crippen LogP contribution in [-0.2, 0) is 16.1 Å². The molecule has 2 aliphatic rings. The van der Waals surface area contributed by atoms with Gasteiger partial charge in [-0.2, -0.15) is 0 Å². The van der Waals surface area contributed by atoms with Crippen molar-refractivity contribution in [2.24, 2.45) is 5.92 Å². The Morgan fingerprint density at radius 3 is 2.46 bits per heavy atom. The fourth-order valence-electron chi connectivity index (χ4n) is 4.87. The Morgan fingerprint density at radius 1 is 1.14 bits per heavy atom. The summed E-state index contributed by atoms with van der Waals surface area (Å²) in [5, 5.41) is 3.09. The summed E-state index contributed by atoms with van der Waals surface area (Å²) in [4.78, 5) is 28.8. The van der Waals surface area contributed by atoms with Gasteiger partial charge in [0.15, 0.2) is 6.10 Å². The summed E-state index contributed by atoms with van der Waals surface area (Å²) in [7, 11) is 1.52. The predicted octanol–water partition coefficient (Wildman–Crippen LogP) is 4.91. The van der Waals surface area contributed by atoms with E-state index < -0.39 is 36.2 Å². The van der Waals surface area contributed by atoms with Gasteiger partial charge in [-0.1, -0.05) is 39.2 Å². The molecule has 2 aromatic carbocycles. The van der Waals surface area contributed by atoms with Crippen LogP contribution in [0.3, 0.4) is 0 Å². The van der Waals surface area contributed by atoms with E-state index in [0.717, 1.165) is 44.2 Å². The van der Waals surface area contributed by atoms with Crippen molar-refractivity contribution >= 4 is 11.8 Å². The number of hydrogen-bond donors (Lipinski definition) is 1. The van der Waals surface area contributed by atoms with Gasteiger partial charge in [-0.15, -0.1) is 0 Å². The lowest BCUT2D eigenvalue weighted by Gasteiger charge is -2.33. The van der Waals surface area contributed by atoms with Crippen LogP contribution in [0.25, 0.3) is 0 Å². The van der Waals surface area contributed by atoms with E-state index in [-0.39, 0.29) is 23.4 Å². The molecule has 1 aliphatic heterocycles. The second-order valence-corrected chi connectivity index (χ2v) is 9.60. The van der Waals surface area contributed by atoms with Crippen LogP contribution in [0, 0.1) is 17.6 Å². The van der Waals surface area contributed by atoms with Gasteiger partial charge in [0, 0.05) is 23.2 Å². The molecule has 1 saturated carbocycles. The molecule has 0 aromatic heterocycles. The molecule has 0 saturated heterocycles. The van der Waals surface area contributed by atoms with Crippen LogP contribution in [0.15, 0.2) is 36.4 Å². The first-order valence-electron chi connectivity index (χ1n) is 12.2. The maximum Gasteiger partial charge on any atom is 0.265 e. The molecule has 0 radical (unpaired) electrons. The van der Waals surface area contributed by atoms with Crippen LogP contribution in [-0.4, -0.2) is 36.0 Å². The van der Waals surface area contributed by atoms with Crippen molar-refractivity contribution in [1.29, 1.82) is 0 Å². The van der Waals surface area contributed by atoms with Crippen molar-refractivity contribution in [3.8, 4) is 11.5 Å². The van der Waals surface area contributed by atoms with Crippen molar-refractivity contribution in [3.63, 3.8) is 0 Å². The summed E-state index contributed by atoms with van der Waals surface area (Å²) in [5.41, 5.74) is 0.183. The zero-order valence-corrected chi connectivity index (χ0v) is 20.4. The smallest absolute Gasteiger partial charge is 0.265 e. The average Bonchev–Trinajstić information content (AvgIpc) is 2.96. The zero-order valence-electron chi connectivity index (χ0n) is 20.4. The quantitative estimate of drug-likeness (QED) is 0.630. The van der Waals surface area contributed by atoms with E-state index >= 15 is 0 Å². The molecule has 4 rings (SSSR count). The summed E-state index contributed by atoms with van der Waals surface area (Å²) < 4.78 is 40.8. The van der Waals surface area contributed by atoms with Gasteiger partial charge in [0.05, 0.1) is 13.7 Å². The first-order valence-corrected chi connectivity index (χ1v) is 12.2. The number of nitrogens with zero attached hydrogens (tertiary/aromatic N) is 1. The number of halogens is 2. The number of ether oxygens (including phenoxy) is 2. The largest absolute Gasteiger partial charge is 0.497 e. The summed E-state index contributed by atoms with van der Waals surface area (Å²) in [5.74, 6) is -1.83. The fourth-order valence-corrected chi connectivity index (χ4v) is 4.87. The van der Waals surface area contributed by atoms with Crippen LogP contribution >= 0.6 is 0 Å². The molecular weight excluding hydrogens is 454 g/mol. The van der Waals surface area contributed by atoms with E-state index in [2.05, 4.69) is 5.32 Å². The Labute approximate surface area is 204 Å². The van der Waals surface area contributed by atoms with Gasteiger partial charge >= 0.3 is 0 Å². The van der Waals surface area contributed by atoms with Crippen molar-refractivity contribution in [2.45, 2.75) is 70.7 Å². The van der Waals surface area contributed by atoms with Crippen LogP contribution < -0.4 is 14.8 Å². The van der Waals surface area contributed by atoms with Crippen LogP contribution in [0.5, 0.6) is 11.5 Å². The van der Waals surface area contributed by atoms with Gasteiger partial charge in [0.1, 0.15) is 29.2 Å². The first kappa shape index (κ1) is 24.9.